The SMILES string of the molecule is CCn1ncnc1CN1CCC(c2nc(-c3ccc(F)cc3)no2)(C(F)(F)F)C1. The molecule has 1 saturated heterocycles. The second-order valence-electron chi connectivity index (χ2n) is 6.96. The van der Waals surface area contributed by atoms with E-state index in [9.17, 15) is 17.6 Å². The van der Waals surface area contributed by atoms with Crippen LogP contribution < -0.4 is 0 Å². The highest BCUT2D eigenvalue weighted by molar-refractivity contribution is 5.54. The molecule has 4 rings (SSSR count). The molecule has 1 aliphatic heterocycles. The fourth-order valence-electron chi connectivity index (χ4n) is 3.56. The molecule has 0 radical (unpaired) electrons. The van der Waals surface area contributed by atoms with Crippen molar-refractivity contribution in [3.63, 3.8) is 0 Å². The van der Waals surface area contributed by atoms with E-state index in [1.165, 1.54) is 30.6 Å². The van der Waals surface area contributed by atoms with Crippen LogP contribution in [0.3, 0.4) is 0 Å². The van der Waals surface area contributed by atoms with Crippen molar-refractivity contribution < 1.29 is 22.1 Å². The second-order valence-corrected chi connectivity index (χ2v) is 6.96. The van der Waals surface area contributed by atoms with Crippen LogP contribution >= 0.6 is 0 Å². The molecule has 29 heavy (non-hydrogen) atoms. The standard InChI is InChI=1S/C18H18F4N6O/c1-2-28-14(23-11-24-28)9-27-8-7-17(10-27,18(20,21)22)16-25-15(26-29-16)12-3-5-13(19)6-4-12/h3-6,11H,2,7-10H2,1H3. The van der Waals surface area contributed by atoms with Gasteiger partial charge in [-0.25, -0.2) is 14.1 Å². The van der Waals surface area contributed by atoms with Gasteiger partial charge in [-0.1, -0.05) is 5.16 Å². The summed E-state index contributed by atoms with van der Waals surface area (Å²) in [6.07, 6.45) is -3.40. The minimum atomic E-state index is -4.58. The van der Waals surface area contributed by atoms with Crippen LogP contribution in [0.25, 0.3) is 11.4 Å². The molecule has 11 heteroatoms. The van der Waals surface area contributed by atoms with E-state index in [1.807, 2.05) is 6.92 Å². The summed E-state index contributed by atoms with van der Waals surface area (Å²) < 4.78 is 62.2. The molecule has 154 valence electrons. The molecule has 3 aromatic rings. The molecule has 1 atom stereocenters. The Balaban J connectivity index is 1.61. The number of rotatable bonds is 5. The largest absolute Gasteiger partial charge is 0.404 e. The Labute approximate surface area is 163 Å². The van der Waals surface area contributed by atoms with Crippen LogP contribution in [0.1, 0.15) is 25.1 Å². The third-order valence-corrected chi connectivity index (χ3v) is 5.19. The lowest BCUT2D eigenvalue weighted by molar-refractivity contribution is -0.193. The van der Waals surface area contributed by atoms with Gasteiger partial charge in [-0.05, 0) is 37.6 Å². The normalized spacial score (nSPS) is 20.4. The van der Waals surface area contributed by atoms with Crippen molar-refractivity contribution in [1.82, 2.24) is 29.8 Å². The van der Waals surface area contributed by atoms with E-state index in [4.69, 9.17) is 4.52 Å². The zero-order valence-electron chi connectivity index (χ0n) is 15.5. The van der Waals surface area contributed by atoms with Gasteiger partial charge >= 0.3 is 6.18 Å². The van der Waals surface area contributed by atoms with Gasteiger partial charge in [-0.15, -0.1) is 0 Å². The van der Waals surface area contributed by atoms with E-state index in [0.717, 1.165) is 0 Å². The molecule has 0 saturated carbocycles. The highest BCUT2D eigenvalue weighted by Gasteiger charge is 2.62. The quantitative estimate of drug-likeness (QED) is 0.602. The van der Waals surface area contributed by atoms with Crippen LogP contribution in [-0.2, 0) is 18.5 Å². The first kappa shape index (κ1) is 19.5. The first-order valence-electron chi connectivity index (χ1n) is 9.08. The van der Waals surface area contributed by atoms with Crippen molar-refractivity contribution in [3.05, 3.63) is 48.1 Å². The number of benzene rings is 1. The lowest BCUT2D eigenvalue weighted by Crippen LogP contribution is -2.45. The first-order valence-corrected chi connectivity index (χ1v) is 9.08. The summed E-state index contributed by atoms with van der Waals surface area (Å²) in [5, 5.41) is 7.75. The van der Waals surface area contributed by atoms with E-state index in [0.29, 0.717) is 17.9 Å². The summed E-state index contributed by atoms with van der Waals surface area (Å²) in [7, 11) is 0. The molecule has 0 bridgehead atoms. The number of nitrogens with zero attached hydrogens (tertiary/aromatic N) is 6. The second kappa shape index (κ2) is 7.21. The van der Waals surface area contributed by atoms with E-state index in [2.05, 4.69) is 20.2 Å². The number of hydrogen-bond donors (Lipinski definition) is 0. The monoisotopic (exact) mass is 410 g/mol. The highest BCUT2D eigenvalue weighted by Crippen LogP contribution is 2.47. The Morgan fingerprint density at radius 2 is 1.97 bits per heavy atom. The fraction of sp³-hybridized carbons (Fsp3) is 0.444. The van der Waals surface area contributed by atoms with Gasteiger partial charge in [0.15, 0.2) is 5.41 Å². The van der Waals surface area contributed by atoms with E-state index in [-0.39, 0.29) is 31.9 Å². The number of likely N-dealkylation sites (tertiary alicyclic amines) is 1. The summed E-state index contributed by atoms with van der Waals surface area (Å²) in [4.78, 5) is 9.81. The van der Waals surface area contributed by atoms with Gasteiger partial charge < -0.3 is 4.52 Å². The van der Waals surface area contributed by atoms with Gasteiger partial charge in [0.2, 0.25) is 11.7 Å². The molecule has 7 nitrogen and oxygen atoms in total. The summed E-state index contributed by atoms with van der Waals surface area (Å²) >= 11 is 0. The Kier molecular flexibility index (Phi) is 4.85. The van der Waals surface area contributed by atoms with Crippen molar-refractivity contribution in [3.8, 4) is 11.4 Å². The average molecular weight is 410 g/mol. The first-order chi connectivity index (χ1) is 13.8. The van der Waals surface area contributed by atoms with Gasteiger partial charge in [0.05, 0.1) is 6.54 Å². The summed E-state index contributed by atoms with van der Waals surface area (Å²) in [6, 6.07) is 5.16. The van der Waals surface area contributed by atoms with E-state index in [1.54, 1.807) is 9.58 Å². The van der Waals surface area contributed by atoms with Crippen molar-refractivity contribution in [2.75, 3.05) is 13.1 Å². The summed E-state index contributed by atoms with van der Waals surface area (Å²) in [6.45, 7) is 2.59. The number of alkyl halides is 3. The molecular formula is C18H18F4N6O. The molecule has 0 N–H and O–H groups in total. The van der Waals surface area contributed by atoms with Crippen LogP contribution in [0, 0.1) is 5.82 Å². The molecule has 1 aliphatic rings. The van der Waals surface area contributed by atoms with E-state index < -0.39 is 23.3 Å². The van der Waals surface area contributed by atoms with Gasteiger partial charge in [0, 0.05) is 25.2 Å². The maximum Gasteiger partial charge on any atom is 0.404 e. The fourth-order valence-corrected chi connectivity index (χ4v) is 3.56. The predicted molar refractivity (Wildman–Crippen MR) is 93.0 cm³/mol. The van der Waals surface area contributed by atoms with Crippen LogP contribution in [0.15, 0.2) is 35.1 Å². The Hall–Kier alpha value is -2.82. The van der Waals surface area contributed by atoms with Gasteiger partial charge in [-0.3, -0.25) is 4.90 Å². The predicted octanol–water partition coefficient (Wildman–Crippen LogP) is 3.19. The number of aromatic nitrogens is 5. The highest BCUT2D eigenvalue weighted by atomic mass is 19.4. The third-order valence-electron chi connectivity index (χ3n) is 5.19. The molecule has 1 aromatic carbocycles. The van der Waals surface area contributed by atoms with Crippen molar-refractivity contribution in [2.24, 2.45) is 0 Å². The molecule has 0 aliphatic carbocycles. The molecule has 1 fully saturated rings. The lowest BCUT2D eigenvalue weighted by Gasteiger charge is -2.28. The number of hydrogen-bond acceptors (Lipinski definition) is 6. The molecular weight excluding hydrogens is 392 g/mol. The third kappa shape index (κ3) is 3.50. The lowest BCUT2D eigenvalue weighted by atomic mass is 9.86. The summed E-state index contributed by atoms with van der Waals surface area (Å²) in [5.41, 5.74) is -1.89. The van der Waals surface area contributed by atoms with Crippen LogP contribution in [-0.4, -0.2) is 49.1 Å². The maximum absolute atomic E-state index is 14.1. The van der Waals surface area contributed by atoms with Gasteiger partial charge in [-0.2, -0.15) is 23.3 Å². The van der Waals surface area contributed by atoms with Gasteiger partial charge in [0.25, 0.3) is 0 Å². The topological polar surface area (TPSA) is 72.9 Å². The minimum absolute atomic E-state index is 0.00667. The smallest absolute Gasteiger partial charge is 0.338 e. The van der Waals surface area contributed by atoms with Crippen LogP contribution in [0.4, 0.5) is 17.6 Å². The van der Waals surface area contributed by atoms with Crippen LogP contribution in [0.2, 0.25) is 0 Å². The summed E-state index contributed by atoms with van der Waals surface area (Å²) in [5.74, 6) is -0.352. The van der Waals surface area contributed by atoms with Crippen molar-refractivity contribution >= 4 is 0 Å². The zero-order chi connectivity index (χ0) is 20.6. The molecule has 3 heterocycles. The van der Waals surface area contributed by atoms with E-state index >= 15 is 0 Å². The Morgan fingerprint density at radius 1 is 1.21 bits per heavy atom. The molecule has 0 spiro atoms. The Bertz CT molecular complexity index is 983. The molecule has 0 amide bonds. The number of aryl methyl sites for hydroxylation is 1. The number of halogens is 4. The Morgan fingerprint density at radius 3 is 2.66 bits per heavy atom. The molecule has 2 aromatic heterocycles. The average Bonchev–Trinajstić information content (AvgIpc) is 3.41. The zero-order valence-corrected chi connectivity index (χ0v) is 15.5. The molecule has 1 unspecified atom stereocenters. The maximum atomic E-state index is 14.1. The minimum Gasteiger partial charge on any atom is -0.338 e. The van der Waals surface area contributed by atoms with Gasteiger partial charge in [0.1, 0.15) is 18.0 Å². The van der Waals surface area contributed by atoms with Crippen molar-refractivity contribution in [2.45, 2.75) is 38.0 Å². The van der Waals surface area contributed by atoms with Crippen molar-refractivity contribution in [1.29, 1.82) is 0 Å². The van der Waals surface area contributed by atoms with Crippen LogP contribution in [0.5, 0.6) is 0 Å².